The summed E-state index contributed by atoms with van der Waals surface area (Å²) in [5.41, 5.74) is 10.9. The molecule has 0 fully saturated rings. The van der Waals surface area contributed by atoms with E-state index in [1.54, 1.807) is 12.1 Å². The minimum atomic E-state index is -0.432. The molecule has 0 aliphatic carbocycles. The fourth-order valence-electron chi connectivity index (χ4n) is 14.6. The fraction of sp³-hybridized carbons (Fsp3) is 0.393. The number of aromatic hydroxyl groups is 4. The van der Waals surface area contributed by atoms with Gasteiger partial charge in [0.2, 0.25) is 0 Å². The molecule has 0 heterocycles. The number of benzene rings is 10. The van der Waals surface area contributed by atoms with Crippen LogP contribution in [-0.4, -0.2) is 32.9 Å². The summed E-state index contributed by atoms with van der Waals surface area (Å²) in [5.74, 6) is 0.372. The van der Waals surface area contributed by atoms with Crippen molar-refractivity contribution in [1.29, 1.82) is 0 Å². The molecule has 4 nitrogen and oxygen atoms in total. The van der Waals surface area contributed by atoms with Gasteiger partial charge in [-0.3, -0.25) is 0 Å². The molecule has 7 heteroatoms. The summed E-state index contributed by atoms with van der Waals surface area (Å²) in [6.07, 6.45) is 2.20. The number of halogens is 2. The zero-order valence-electron chi connectivity index (χ0n) is 62.4. The Labute approximate surface area is 594 Å². The van der Waals surface area contributed by atoms with E-state index in [9.17, 15) is 10.2 Å². The van der Waals surface area contributed by atoms with Crippen LogP contribution in [0, 0.1) is 37.3 Å². The van der Waals surface area contributed by atoms with Gasteiger partial charge < -0.3 is 34.5 Å². The molecular formula is C89H110F2HfO4. The van der Waals surface area contributed by atoms with Gasteiger partial charge in [0.15, 0.2) is 13.2 Å². The second-order valence-electron chi connectivity index (χ2n) is 34.8. The average Bonchev–Trinajstić information content (AvgIpc) is 0.738. The Bertz CT molecular complexity index is 4230. The number of fused-ring (bicyclic) bond motifs is 4. The van der Waals surface area contributed by atoms with E-state index in [4.69, 9.17) is 9.47 Å². The molecule has 0 atom stereocenters. The van der Waals surface area contributed by atoms with Crippen LogP contribution in [0.15, 0.2) is 146 Å². The predicted octanol–water partition coefficient (Wildman–Crippen LogP) is 25.7. The maximum Gasteiger partial charge on any atom is 0.262 e. The quantitative estimate of drug-likeness (QED) is 0.0375. The largest absolute Gasteiger partial charge is 0.582 e. The Balaban J connectivity index is 0.00000433. The van der Waals surface area contributed by atoms with Crippen LogP contribution in [0.1, 0.15) is 205 Å². The van der Waals surface area contributed by atoms with Crippen molar-refractivity contribution in [3.8, 4) is 67.5 Å². The van der Waals surface area contributed by atoms with Crippen LogP contribution in [0.4, 0.5) is 8.78 Å². The van der Waals surface area contributed by atoms with E-state index in [1.165, 1.54) is 46.5 Å². The third-order valence-corrected chi connectivity index (χ3v) is 19.0. The molecule has 4 N–H and O–H groups in total. The molecule has 0 aliphatic heterocycles. The van der Waals surface area contributed by atoms with Gasteiger partial charge in [-0.15, -0.1) is 0 Å². The second kappa shape index (κ2) is 27.5. The summed E-state index contributed by atoms with van der Waals surface area (Å²) < 4.78 is 42.5. The van der Waals surface area contributed by atoms with Crippen LogP contribution in [-0.2, 0) is 58.3 Å². The van der Waals surface area contributed by atoms with Crippen LogP contribution in [0.3, 0.4) is 0 Å². The van der Waals surface area contributed by atoms with Gasteiger partial charge in [-0.25, -0.2) is 8.78 Å². The first-order valence-electron chi connectivity index (χ1n) is 33.7. The molecule has 10 aromatic rings. The van der Waals surface area contributed by atoms with Crippen LogP contribution >= 0.6 is 0 Å². The summed E-state index contributed by atoms with van der Waals surface area (Å²) in [5, 5.41) is 34.9. The Hall–Kier alpha value is -6.83. The van der Waals surface area contributed by atoms with Crippen LogP contribution in [0.25, 0.3) is 87.6 Å². The smallest absolute Gasteiger partial charge is 0.262 e. The molecule has 0 unspecified atom stereocenters. The number of phenolic OH excluding ortho intramolecular Hbond substituents is 2. The van der Waals surface area contributed by atoms with Crippen molar-refractivity contribution in [2.24, 2.45) is 10.8 Å². The van der Waals surface area contributed by atoms with Crippen molar-refractivity contribution in [3.05, 3.63) is 205 Å². The molecular weight excluding hydrogens is 1350 g/mol. The first-order valence-corrected chi connectivity index (χ1v) is 33.7. The van der Waals surface area contributed by atoms with Crippen LogP contribution in [0.2, 0.25) is 0 Å². The van der Waals surface area contributed by atoms with Gasteiger partial charge in [0, 0.05) is 71.4 Å². The van der Waals surface area contributed by atoms with Crippen molar-refractivity contribution in [1.82, 2.24) is 0 Å². The minimum absolute atomic E-state index is 0. The van der Waals surface area contributed by atoms with E-state index in [2.05, 4.69) is 262 Å². The Morgan fingerprint density at radius 1 is 0.312 bits per heavy atom. The summed E-state index contributed by atoms with van der Waals surface area (Å²) in [6, 6.07) is 49.3. The second-order valence-corrected chi connectivity index (χ2v) is 34.8. The van der Waals surface area contributed by atoms with Crippen molar-refractivity contribution in [2.75, 3.05) is 13.2 Å². The van der Waals surface area contributed by atoms with Crippen LogP contribution < -0.4 is 0 Å². The molecule has 0 saturated carbocycles. The zero-order chi connectivity index (χ0) is 68.1. The molecule has 0 radical (unpaired) electrons. The number of rotatable bonds is 14. The first kappa shape index (κ1) is 76.5. The van der Waals surface area contributed by atoms with Crippen molar-refractivity contribution in [2.45, 2.75) is 204 Å². The number of hydrogen-bond acceptors (Lipinski definition) is 2. The molecule has 96 heavy (non-hydrogen) atoms. The standard InChI is InChI=1S/C87H102F2O4.2CH3.Hf/c1-80(2,3)50-86(19,20)60-44-70(78(90)72(46-60)76-64-32-28-56(82(7,8)9)40-54(64)38-52-24-26-58(42-66(52)76)84(13,14)15)68-48-62(88)30-34-74(68)92-36-23-37-93-75-35-31-63(89)49-69(75)71-45-61(87(21,22)51-81(4,5)6)47-73(79(71)91)77-65-33-29-57(83(10,11)12)41-55(65)39-53-25-27-59(43-67(53)77)85(16,17)18;;;/h24-35,38-49,90-91H,23,36-37,50-51H2,1-22H3;2*1H3;/q;2*-1;/p+2. The van der Waals surface area contributed by atoms with Gasteiger partial charge >= 0.3 is 0 Å². The first-order chi connectivity index (χ1) is 43.0. The van der Waals surface area contributed by atoms with Crippen LogP contribution in [0.5, 0.6) is 23.0 Å². The van der Waals surface area contributed by atoms with Crippen molar-refractivity contribution >= 4 is 43.1 Å². The third kappa shape index (κ3) is 16.3. The molecule has 0 aromatic heterocycles. The van der Waals surface area contributed by atoms with E-state index in [0.29, 0.717) is 64.5 Å². The van der Waals surface area contributed by atoms with E-state index in [1.807, 2.05) is 0 Å². The monoisotopic (exact) mass is 1460 g/mol. The normalized spacial score (nSPS) is 12.8. The van der Waals surface area contributed by atoms with Gasteiger partial charge in [0.1, 0.15) is 29.6 Å². The molecule has 0 bridgehead atoms. The predicted molar refractivity (Wildman–Crippen MR) is 407 cm³/mol. The molecule has 0 spiro atoms. The molecule has 508 valence electrons. The molecule has 0 amide bonds. The molecule has 10 rings (SSSR count). The van der Waals surface area contributed by atoms with E-state index >= 15 is 8.78 Å². The fourth-order valence-corrected chi connectivity index (χ4v) is 14.6. The van der Waals surface area contributed by atoms with Crippen molar-refractivity contribution in [3.63, 3.8) is 0 Å². The molecule has 10 aromatic carbocycles. The number of hydrogen-bond donors (Lipinski definition) is 2. The molecule has 0 aliphatic rings. The third-order valence-electron chi connectivity index (χ3n) is 19.0. The van der Waals surface area contributed by atoms with Crippen molar-refractivity contribution < 1.29 is 54.3 Å². The Morgan fingerprint density at radius 2 is 0.625 bits per heavy atom. The SMILES string of the molecule is CC(C)(C)CC(C)(C)c1cc(-c2cc(F)ccc2[OH+]CCC[OH+]c2ccc(F)cc2-c2cc(C(C)(C)CC(C)(C)C)cc(-c3c4ccc(C(C)(C)C)cc4cc4ccc(C(C)(C)C)cc34)c2O)c(O)c(-c2c3ccc(C(C)(C)C)cc3cc3ccc(C(C)(C)C)cc23)c1.[CH3-].[CH3-].[Hf]. The number of phenols is 2. The summed E-state index contributed by atoms with van der Waals surface area (Å²) >= 11 is 0. The van der Waals surface area contributed by atoms with E-state index in [-0.39, 0.29) is 95.5 Å². The number of aliphatic hydroxyl groups is 2. The van der Waals surface area contributed by atoms with Gasteiger partial charge in [0.05, 0.1) is 11.1 Å². The maximum absolute atomic E-state index is 16.1. The average molecular weight is 1460 g/mol. The maximum atomic E-state index is 16.1. The summed E-state index contributed by atoms with van der Waals surface area (Å²) in [6.45, 7) is 50.0. The summed E-state index contributed by atoms with van der Waals surface area (Å²) in [7, 11) is 0. The van der Waals surface area contributed by atoms with Gasteiger partial charge in [-0.1, -0.05) is 213 Å². The van der Waals surface area contributed by atoms with E-state index < -0.39 is 11.6 Å². The van der Waals surface area contributed by atoms with E-state index in [0.717, 1.165) is 78.2 Å². The topological polar surface area (TPSA) is 66.1 Å². The zero-order valence-corrected chi connectivity index (χ0v) is 66.0. The Morgan fingerprint density at radius 3 is 0.948 bits per heavy atom. The van der Waals surface area contributed by atoms with Gasteiger partial charge in [-0.2, -0.15) is 0 Å². The number of ether oxygens (including phenoxy) is 2. The van der Waals surface area contributed by atoms with Gasteiger partial charge in [-0.05, 0) is 205 Å². The minimum Gasteiger partial charge on any atom is -0.582 e. The Kier molecular flexibility index (Phi) is 21.9. The summed E-state index contributed by atoms with van der Waals surface area (Å²) in [4.78, 5) is 0. The molecule has 0 saturated heterocycles. The van der Waals surface area contributed by atoms with Gasteiger partial charge in [0.25, 0.3) is 11.5 Å².